The van der Waals surface area contributed by atoms with Crippen LogP contribution in [0.5, 0.6) is 0 Å². The standard InChI is InChI=1S/C14H17ClN2O2/c1-14(2,18)10-8(16)6-9-12(11(10)15)17-13(19-9)7-4-3-5-7/h6-7,18H,3-5,16H2,1-2H3. The van der Waals surface area contributed by atoms with Gasteiger partial charge in [-0.3, -0.25) is 0 Å². The lowest BCUT2D eigenvalue weighted by atomic mass is 9.85. The maximum atomic E-state index is 10.2. The molecular formula is C14H17ClN2O2. The Kier molecular flexibility index (Phi) is 2.76. The Morgan fingerprint density at radius 2 is 2.16 bits per heavy atom. The molecule has 0 atom stereocenters. The molecule has 19 heavy (non-hydrogen) atoms. The van der Waals surface area contributed by atoms with Crippen molar-refractivity contribution in [3.63, 3.8) is 0 Å². The van der Waals surface area contributed by atoms with E-state index in [9.17, 15) is 5.11 Å². The second-order valence-corrected chi connectivity index (χ2v) is 6.12. The van der Waals surface area contributed by atoms with Gasteiger partial charge in [0.05, 0.1) is 10.6 Å². The number of rotatable bonds is 2. The summed E-state index contributed by atoms with van der Waals surface area (Å²) in [5, 5.41) is 10.5. The molecule has 0 spiro atoms. The van der Waals surface area contributed by atoms with Crippen molar-refractivity contribution >= 4 is 28.4 Å². The van der Waals surface area contributed by atoms with Gasteiger partial charge >= 0.3 is 0 Å². The smallest absolute Gasteiger partial charge is 0.198 e. The Morgan fingerprint density at radius 1 is 1.47 bits per heavy atom. The van der Waals surface area contributed by atoms with Crippen molar-refractivity contribution in [2.24, 2.45) is 0 Å². The van der Waals surface area contributed by atoms with Gasteiger partial charge in [-0.2, -0.15) is 0 Å². The van der Waals surface area contributed by atoms with Crippen molar-refractivity contribution in [3.05, 3.63) is 22.5 Å². The van der Waals surface area contributed by atoms with Gasteiger partial charge in [-0.25, -0.2) is 4.98 Å². The number of halogens is 1. The molecule has 0 aliphatic heterocycles. The van der Waals surface area contributed by atoms with Crippen LogP contribution in [0, 0.1) is 0 Å². The summed E-state index contributed by atoms with van der Waals surface area (Å²) in [6, 6.07) is 1.70. The monoisotopic (exact) mass is 280 g/mol. The van der Waals surface area contributed by atoms with Gasteiger partial charge in [-0.05, 0) is 26.7 Å². The van der Waals surface area contributed by atoms with Crippen LogP contribution in [0.4, 0.5) is 5.69 Å². The molecule has 0 amide bonds. The van der Waals surface area contributed by atoms with E-state index < -0.39 is 5.60 Å². The van der Waals surface area contributed by atoms with Gasteiger partial charge in [-0.1, -0.05) is 18.0 Å². The van der Waals surface area contributed by atoms with Gasteiger partial charge < -0.3 is 15.3 Å². The Morgan fingerprint density at radius 3 is 2.68 bits per heavy atom. The van der Waals surface area contributed by atoms with Crippen molar-refractivity contribution in [1.29, 1.82) is 0 Å². The molecule has 102 valence electrons. The average Bonchev–Trinajstić information content (AvgIpc) is 2.56. The molecule has 0 bridgehead atoms. The molecule has 1 aromatic carbocycles. The number of fused-ring (bicyclic) bond motifs is 1. The highest BCUT2D eigenvalue weighted by Gasteiger charge is 2.29. The number of hydrogen-bond acceptors (Lipinski definition) is 4. The summed E-state index contributed by atoms with van der Waals surface area (Å²) in [7, 11) is 0. The summed E-state index contributed by atoms with van der Waals surface area (Å²) in [4.78, 5) is 4.48. The van der Waals surface area contributed by atoms with Gasteiger partial charge in [-0.15, -0.1) is 0 Å². The molecule has 0 radical (unpaired) electrons. The van der Waals surface area contributed by atoms with Gasteiger partial charge in [0, 0.05) is 23.2 Å². The lowest BCUT2D eigenvalue weighted by Gasteiger charge is -2.21. The summed E-state index contributed by atoms with van der Waals surface area (Å²) >= 11 is 6.35. The lowest BCUT2D eigenvalue weighted by molar-refractivity contribution is 0.0796. The fraction of sp³-hybridized carbons (Fsp3) is 0.500. The minimum Gasteiger partial charge on any atom is -0.440 e. The fourth-order valence-electron chi connectivity index (χ4n) is 2.51. The maximum absolute atomic E-state index is 10.2. The molecule has 3 N–H and O–H groups in total. The first kappa shape index (κ1) is 12.8. The highest BCUT2D eigenvalue weighted by molar-refractivity contribution is 6.36. The van der Waals surface area contributed by atoms with Crippen LogP contribution in [0.2, 0.25) is 5.02 Å². The Bertz CT molecular complexity index is 639. The summed E-state index contributed by atoms with van der Waals surface area (Å²) in [5.74, 6) is 1.13. The normalized spacial score (nSPS) is 16.8. The summed E-state index contributed by atoms with van der Waals surface area (Å²) < 4.78 is 5.74. The number of aromatic nitrogens is 1. The van der Waals surface area contributed by atoms with Crippen LogP contribution in [0.25, 0.3) is 11.1 Å². The zero-order valence-electron chi connectivity index (χ0n) is 11.0. The van der Waals surface area contributed by atoms with Crippen LogP contribution in [-0.4, -0.2) is 10.1 Å². The van der Waals surface area contributed by atoms with Crippen LogP contribution >= 0.6 is 11.6 Å². The lowest BCUT2D eigenvalue weighted by Crippen LogP contribution is -2.18. The SMILES string of the molecule is CC(C)(O)c1c(N)cc2oc(C3CCC3)nc2c1Cl. The van der Waals surface area contributed by atoms with Crippen molar-refractivity contribution in [1.82, 2.24) is 4.98 Å². The predicted molar refractivity (Wildman–Crippen MR) is 75.3 cm³/mol. The van der Waals surface area contributed by atoms with Crippen LogP contribution in [-0.2, 0) is 5.60 Å². The molecule has 3 rings (SSSR count). The van der Waals surface area contributed by atoms with Gasteiger partial charge in [0.15, 0.2) is 11.5 Å². The molecule has 4 nitrogen and oxygen atoms in total. The molecule has 1 aliphatic carbocycles. The number of nitrogen functional groups attached to an aromatic ring is 1. The zero-order valence-corrected chi connectivity index (χ0v) is 11.8. The molecular weight excluding hydrogens is 264 g/mol. The predicted octanol–water partition coefficient (Wildman–Crippen LogP) is 3.56. The van der Waals surface area contributed by atoms with Gasteiger partial charge in [0.25, 0.3) is 0 Å². The Labute approximate surface area is 116 Å². The topological polar surface area (TPSA) is 72.3 Å². The number of benzene rings is 1. The first-order valence-corrected chi connectivity index (χ1v) is 6.87. The van der Waals surface area contributed by atoms with E-state index in [1.807, 2.05) is 0 Å². The summed E-state index contributed by atoms with van der Waals surface area (Å²) in [5.41, 5.74) is 7.00. The number of nitrogens with zero attached hydrogens (tertiary/aromatic N) is 1. The van der Waals surface area contributed by atoms with Crippen molar-refractivity contribution in [2.75, 3.05) is 5.73 Å². The number of anilines is 1. The van der Waals surface area contributed by atoms with E-state index in [1.165, 1.54) is 6.42 Å². The highest BCUT2D eigenvalue weighted by Crippen LogP contribution is 2.42. The second-order valence-electron chi connectivity index (χ2n) is 5.74. The fourth-order valence-corrected chi connectivity index (χ4v) is 2.99. The van der Waals surface area contributed by atoms with E-state index in [1.54, 1.807) is 19.9 Å². The van der Waals surface area contributed by atoms with E-state index in [-0.39, 0.29) is 0 Å². The average molecular weight is 281 g/mol. The molecule has 1 aromatic heterocycles. The number of nitrogens with two attached hydrogens (primary N) is 1. The van der Waals surface area contributed by atoms with Crippen LogP contribution < -0.4 is 5.73 Å². The Hall–Kier alpha value is -1.26. The highest BCUT2D eigenvalue weighted by atomic mass is 35.5. The van der Waals surface area contributed by atoms with Crippen molar-refractivity contribution in [3.8, 4) is 0 Å². The van der Waals surface area contributed by atoms with E-state index in [0.29, 0.717) is 33.3 Å². The third-order valence-corrected chi connectivity index (χ3v) is 4.11. The number of oxazole rings is 1. The van der Waals surface area contributed by atoms with Crippen molar-refractivity contribution < 1.29 is 9.52 Å². The van der Waals surface area contributed by atoms with Crippen molar-refractivity contribution in [2.45, 2.75) is 44.6 Å². The molecule has 1 heterocycles. The molecule has 2 aromatic rings. The van der Waals surface area contributed by atoms with E-state index in [0.717, 1.165) is 18.7 Å². The van der Waals surface area contributed by atoms with Crippen LogP contribution in [0.3, 0.4) is 0 Å². The molecule has 1 saturated carbocycles. The van der Waals surface area contributed by atoms with E-state index in [2.05, 4.69) is 4.98 Å². The second kappa shape index (κ2) is 4.12. The zero-order chi connectivity index (χ0) is 13.8. The molecule has 1 fully saturated rings. The first-order valence-electron chi connectivity index (χ1n) is 6.49. The largest absolute Gasteiger partial charge is 0.440 e. The molecule has 0 unspecified atom stereocenters. The third kappa shape index (κ3) is 1.99. The Balaban J connectivity index is 2.20. The quantitative estimate of drug-likeness (QED) is 0.825. The maximum Gasteiger partial charge on any atom is 0.198 e. The van der Waals surface area contributed by atoms with Gasteiger partial charge in [0.2, 0.25) is 0 Å². The van der Waals surface area contributed by atoms with E-state index in [4.69, 9.17) is 21.8 Å². The summed E-state index contributed by atoms with van der Waals surface area (Å²) in [6.45, 7) is 3.31. The number of aliphatic hydroxyl groups is 1. The van der Waals surface area contributed by atoms with E-state index >= 15 is 0 Å². The number of hydrogen-bond donors (Lipinski definition) is 2. The minimum atomic E-state index is -1.11. The molecule has 0 saturated heterocycles. The summed E-state index contributed by atoms with van der Waals surface area (Å²) in [6.07, 6.45) is 3.44. The van der Waals surface area contributed by atoms with Crippen LogP contribution in [0.1, 0.15) is 50.5 Å². The molecule has 1 aliphatic rings. The molecule has 5 heteroatoms. The van der Waals surface area contributed by atoms with Gasteiger partial charge in [0.1, 0.15) is 5.52 Å². The van der Waals surface area contributed by atoms with Crippen LogP contribution in [0.15, 0.2) is 10.5 Å². The minimum absolute atomic E-state index is 0.386. The first-order chi connectivity index (χ1) is 8.88. The third-order valence-electron chi connectivity index (χ3n) is 3.74.